The van der Waals surface area contributed by atoms with Crippen molar-refractivity contribution in [3.8, 4) is 34.3 Å². The maximum Gasteiger partial charge on any atom is 0.227 e. The fourth-order valence-electron chi connectivity index (χ4n) is 8.75. The number of hydrogen-bond donors (Lipinski definition) is 0. The van der Waals surface area contributed by atoms with Gasteiger partial charge in [0.05, 0.1) is 47.5 Å². The van der Waals surface area contributed by atoms with Crippen LogP contribution in [0.5, 0.6) is 0 Å². The quantitative estimate of drug-likeness (QED) is 0.125. The van der Waals surface area contributed by atoms with Gasteiger partial charge in [-0.15, -0.1) is 0 Å². The highest BCUT2D eigenvalue weighted by atomic mass is 28.3. The van der Waals surface area contributed by atoms with Gasteiger partial charge in [-0.3, -0.25) is 4.57 Å². The highest BCUT2D eigenvalue weighted by Gasteiger charge is 2.27. The highest BCUT2D eigenvalue weighted by Crippen LogP contribution is 2.44. The molecule has 0 saturated carbocycles. The molecule has 5 nitrogen and oxygen atoms in total. The lowest BCUT2D eigenvalue weighted by Crippen LogP contribution is -2.37. The summed E-state index contributed by atoms with van der Waals surface area (Å²) >= 11 is 0. The van der Waals surface area contributed by atoms with Crippen LogP contribution in [0.1, 0.15) is 56.2 Å². The first kappa shape index (κ1) is 35.8. The average molecular weight is 769 g/mol. The van der Waals surface area contributed by atoms with Crippen molar-refractivity contribution in [3.63, 3.8) is 0 Å². The molecule has 0 spiro atoms. The Bertz CT molecular complexity index is 3310. The van der Waals surface area contributed by atoms with E-state index < -0.39 is 8.07 Å². The molecule has 6 heteroatoms. The minimum absolute atomic E-state index is 0.220. The normalized spacial score (nSPS) is 12.3. The minimum Gasteiger partial charge on any atom is -0.437 e. The van der Waals surface area contributed by atoms with Crippen LogP contribution in [0.2, 0.25) is 19.6 Å². The second-order valence-corrected chi connectivity index (χ2v) is 22.5. The Morgan fingerprint density at radius 3 is 2.03 bits per heavy atom. The molecule has 0 radical (unpaired) electrons. The zero-order valence-electron chi connectivity index (χ0n) is 34.0. The standard InChI is InChI=1S/C52H44N4OSi/c1-30(2)42-25-37(33-19-21-38(22-20-33)58(5,6)7)26-43(31(3)4)49(42)56-48-28-44-35(18-17-34-11-8-9-12-39(34)44)27-47(48)54-51(56)41-14-10-13-40-45-24-36-16-15-32(29-53)23-46(36)55-52(45)57-50(40)41/h8-28,30-31H,1-7H3. The van der Waals surface area contributed by atoms with E-state index in [1.807, 2.05) is 18.2 Å². The van der Waals surface area contributed by atoms with E-state index in [-0.39, 0.29) is 11.8 Å². The van der Waals surface area contributed by atoms with E-state index in [2.05, 4.69) is 167 Å². The van der Waals surface area contributed by atoms with E-state index in [4.69, 9.17) is 14.4 Å². The molecule has 0 bridgehead atoms. The van der Waals surface area contributed by atoms with Crippen LogP contribution in [0.3, 0.4) is 0 Å². The number of benzene rings is 7. The molecular weight excluding hydrogens is 725 g/mol. The summed E-state index contributed by atoms with van der Waals surface area (Å²) in [5.74, 6) is 1.26. The number of rotatable bonds is 6. The van der Waals surface area contributed by atoms with E-state index in [9.17, 15) is 5.26 Å². The van der Waals surface area contributed by atoms with Crippen LogP contribution < -0.4 is 5.19 Å². The first-order valence-electron chi connectivity index (χ1n) is 20.3. The first-order chi connectivity index (χ1) is 28.0. The highest BCUT2D eigenvalue weighted by molar-refractivity contribution is 6.88. The van der Waals surface area contributed by atoms with Gasteiger partial charge < -0.3 is 4.42 Å². The molecule has 0 N–H and O–H groups in total. The summed E-state index contributed by atoms with van der Waals surface area (Å²) in [4.78, 5) is 10.5. The fraction of sp³-hybridized carbons (Fsp3) is 0.173. The van der Waals surface area contributed by atoms with Gasteiger partial charge in [-0.05, 0) is 104 Å². The number of nitrogens with zero attached hydrogens (tertiary/aromatic N) is 4. The van der Waals surface area contributed by atoms with Crippen LogP contribution in [0.25, 0.3) is 93.8 Å². The SMILES string of the molecule is CC(C)c1cc(-c2ccc([Si](C)(C)C)cc2)cc(C(C)C)c1-n1c(-c2cccc3c2oc2nc4cc(C#N)ccc4cc23)nc2cc3ccc4ccccc4c3cc21. The summed E-state index contributed by atoms with van der Waals surface area (Å²) in [5.41, 5.74) is 11.6. The predicted molar refractivity (Wildman–Crippen MR) is 245 cm³/mol. The molecule has 0 aliphatic carbocycles. The van der Waals surface area contributed by atoms with Gasteiger partial charge in [0.15, 0.2) is 0 Å². The van der Waals surface area contributed by atoms with Crippen molar-refractivity contribution in [1.29, 1.82) is 5.26 Å². The number of nitriles is 1. The Hall–Kier alpha value is -6.55. The van der Waals surface area contributed by atoms with Crippen LogP contribution >= 0.6 is 0 Å². The molecule has 0 saturated heterocycles. The molecule has 10 aromatic rings. The lowest BCUT2D eigenvalue weighted by Gasteiger charge is -2.25. The van der Waals surface area contributed by atoms with Crippen LogP contribution in [0, 0.1) is 11.3 Å². The summed E-state index contributed by atoms with van der Waals surface area (Å²) in [6.07, 6.45) is 0. The Kier molecular flexibility index (Phi) is 8.19. The fourth-order valence-corrected chi connectivity index (χ4v) is 9.92. The van der Waals surface area contributed by atoms with E-state index in [1.165, 1.54) is 49.3 Å². The third kappa shape index (κ3) is 5.72. The maximum absolute atomic E-state index is 9.59. The molecule has 0 unspecified atom stereocenters. The van der Waals surface area contributed by atoms with Crippen LogP contribution in [0.15, 0.2) is 132 Å². The van der Waals surface area contributed by atoms with Gasteiger partial charge in [-0.2, -0.15) is 5.26 Å². The summed E-state index contributed by atoms with van der Waals surface area (Å²) in [5, 5.41) is 18.7. The Morgan fingerprint density at radius 1 is 0.603 bits per heavy atom. The molecule has 282 valence electrons. The topological polar surface area (TPSA) is 67.6 Å². The lowest BCUT2D eigenvalue weighted by molar-refractivity contribution is 0.656. The summed E-state index contributed by atoms with van der Waals surface area (Å²) < 4.78 is 9.18. The van der Waals surface area contributed by atoms with E-state index in [0.29, 0.717) is 11.3 Å². The second-order valence-electron chi connectivity index (χ2n) is 17.4. The van der Waals surface area contributed by atoms with E-state index in [0.717, 1.165) is 55.1 Å². The number of para-hydroxylation sites is 1. The van der Waals surface area contributed by atoms with Crippen LogP contribution in [-0.4, -0.2) is 22.6 Å². The zero-order valence-corrected chi connectivity index (χ0v) is 35.0. The van der Waals surface area contributed by atoms with Crippen molar-refractivity contribution in [1.82, 2.24) is 14.5 Å². The number of furan rings is 1. The number of aromatic nitrogens is 3. The van der Waals surface area contributed by atoms with Gasteiger partial charge in [0.1, 0.15) is 11.4 Å². The molecule has 7 aromatic carbocycles. The minimum atomic E-state index is -1.44. The zero-order chi connectivity index (χ0) is 40.0. The molecule has 0 amide bonds. The number of pyridine rings is 1. The molecule has 0 aliphatic rings. The third-order valence-corrected chi connectivity index (χ3v) is 14.0. The van der Waals surface area contributed by atoms with Gasteiger partial charge >= 0.3 is 0 Å². The summed E-state index contributed by atoms with van der Waals surface area (Å²) in [6.45, 7) is 16.4. The Labute approximate surface area is 339 Å². The van der Waals surface area contributed by atoms with E-state index >= 15 is 0 Å². The van der Waals surface area contributed by atoms with E-state index in [1.54, 1.807) is 0 Å². The molecule has 0 fully saturated rings. The summed E-state index contributed by atoms with van der Waals surface area (Å²) in [7, 11) is -1.44. The van der Waals surface area contributed by atoms with Crippen molar-refractivity contribution >= 4 is 78.8 Å². The van der Waals surface area contributed by atoms with Gasteiger partial charge in [-0.1, -0.05) is 131 Å². The monoisotopic (exact) mass is 768 g/mol. The van der Waals surface area contributed by atoms with Crippen molar-refractivity contribution in [2.75, 3.05) is 0 Å². The van der Waals surface area contributed by atoms with Crippen LogP contribution in [-0.2, 0) is 0 Å². The number of fused-ring (bicyclic) bond motifs is 8. The van der Waals surface area contributed by atoms with Crippen molar-refractivity contribution in [3.05, 3.63) is 144 Å². The van der Waals surface area contributed by atoms with Crippen molar-refractivity contribution in [2.24, 2.45) is 0 Å². The predicted octanol–water partition coefficient (Wildman–Crippen LogP) is 13.8. The lowest BCUT2D eigenvalue weighted by atomic mass is 9.88. The second kappa shape index (κ2) is 13.3. The molecule has 3 aromatic heterocycles. The molecular formula is C52H44N4OSi. The Morgan fingerprint density at radius 2 is 1.31 bits per heavy atom. The molecule has 0 aliphatic heterocycles. The van der Waals surface area contributed by atoms with Gasteiger partial charge in [0.2, 0.25) is 5.71 Å². The number of imidazole rings is 1. The van der Waals surface area contributed by atoms with Crippen molar-refractivity contribution in [2.45, 2.75) is 59.2 Å². The average Bonchev–Trinajstić information content (AvgIpc) is 3.78. The van der Waals surface area contributed by atoms with Gasteiger partial charge in [0, 0.05) is 16.2 Å². The molecule has 10 rings (SSSR count). The Balaban J connectivity index is 1.30. The number of hydrogen-bond acceptors (Lipinski definition) is 4. The van der Waals surface area contributed by atoms with Crippen molar-refractivity contribution < 1.29 is 4.42 Å². The van der Waals surface area contributed by atoms with Gasteiger partial charge in [-0.25, -0.2) is 9.97 Å². The molecule has 3 heterocycles. The largest absolute Gasteiger partial charge is 0.437 e. The summed E-state index contributed by atoms with van der Waals surface area (Å²) in [6, 6.07) is 48.1. The van der Waals surface area contributed by atoms with Crippen LogP contribution in [0.4, 0.5) is 0 Å². The molecule has 58 heavy (non-hydrogen) atoms. The van der Waals surface area contributed by atoms with Gasteiger partial charge in [0.25, 0.3) is 0 Å². The smallest absolute Gasteiger partial charge is 0.227 e. The molecule has 0 atom stereocenters. The first-order valence-corrected chi connectivity index (χ1v) is 23.8. The maximum atomic E-state index is 9.59. The third-order valence-electron chi connectivity index (χ3n) is 11.9.